The zero-order chi connectivity index (χ0) is 12.3. The number of thiophene rings is 1. The Morgan fingerprint density at radius 2 is 2.29 bits per heavy atom. The number of aliphatic hydroxyl groups is 1. The maximum atomic E-state index is 10.0. The van der Waals surface area contributed by atoms with Gasteiger partial charge in [0.1, 0.15) is 6.33 Å². The van der Waals surface area contributed by atoms with Gasteiger partial charge in [-0.25, -0.2) is 9.97 Å². The van der Waals surface area contributed by atoms with Crippen LogP contribution in [0.3, 0.4) is 0 Å². The van der Waals surface area contributed by atoms with Crippen molar-refractivity contribution in [2.75, 3.05) is 7.11 Å². The van der Waals surface area contributed by atoms with Crippen LogP contribution in [0.1, 0.15) is 16.7 Å². The molecule has 0 spiro atoms. The number of ether oxygens (including phenoxy) is 1. The van der Waals surface area contributed by atoms with Crippen LogP contribution in [0.15, 0.2) is 24.5 Å². The number of aliphatic hydroxyl groups excluding tert-OH is 1. The van der Waals surface area contributed by atoms with Gasteiger partial charge in [-0.15, -0.1) is 11.3 Å². The molecule has 1 atom stereocenters. The van der Waals surface area contributed by atoms with Crippen LogP contribution in [-0.2, 0) is 6.42 Å². The Kier molecular flexibility index (Phi) is 3.93. The van der Waals surface area contributed by atoms with Gasteiger partial charge in [0, 0.05) is 17.4 Å². The number of rotatable bonds is 4. The molecule has 0 fully saturated rings. The number of hydrogen-bond acceptors (Lipinski definition) is 5. The Bertz CT molecular complexity index is 504. The van der Waals surface area contributed by atoms with Crippen LogP contribution in [0.25, 0.3) is 0 Å². The van der Waals surface area contributed by atoms with Crippen molar-refractivity contribution in [3.8, 4) is 5.88 Å². The lowest BCUT2D eigenvalue weighted by Crippen LogP contribution is -2.02. The molecule has 0 amide bonds. The van der Waals surface area contributed by atoms with Gasteiger partial charge in [0.25, 0.3) is 0 Å². The van der Waals surface area contributed by atoms with Crippen molar-refractivity contribution in [1.29, 1.82) is 0 Å². The second kappa shape index (κ2) is 5.44. The van der Waals surface area contributed by atoms with Crippen LogP contribution in [0.2, 0.25) is 4.34 Å². The van der Waals surface area contributed by atoms with Crippen molar-refractivity contribution in [3.05, 3.63) is 39.4 Å². The zero-order valence-electron chi connectivity index (χ0n) is 9.13. The van der Waals surface area contributed by atoms with Crippen LogP contribution in [0.5, 0.6) is 5.88 Å². The highest BCUT2D eigenvalue weighted by Crippen LogP contribution is 2.28. The van der Waals surface area contributed by atoms with Crippen LogP contribution < -0.4 is 4.74 Å². The van der Waals surface area contributed by atoms with Crippen molar-refractivity contribution in [1.82, 2.24) is 9.97 Å². The van der Waals surface area contributed by atoms with Gasteiger partial charge in [-0.1, -0.05) is 11.6 Å². The molecule has 1 unspecified atom stereocenters. The summed E-state index contributed by atoms with van der Waals surface area (Å²) in [5.74, 6) is 0.492. The fourth-order valence-electron chi connectivity index (χ4n) is 1.41. The van der Waals surface area contributed by atoms with Crippen molar-refractivity contribution < 1.29 is 9.84 Å². The van der Waals surface area contributed by atoms with E-state index >= 15 is 0 Å². The van der Waals surface area contributed by atoms with Gasteiger partial charge in [0.15, 0.2) is 0 Å². The number of hydrogen-bond donors (Lipinski definition) is 1. The third kappa shape index (κ3) is 3.15. The number of halogens is 1. The van der Waals surface area contributed by atoms with Crippen LogP contribution in [0.4, 0.5) is 0 Å². The molecule has 2 aromatic heterocycles. The lowest BCUT2D eigenvalue weighted by atomic mass is 10.1. The van der Waals surface area contributed by atoms with Crippen LogP contribution in [-0.4, -0.2) is 22.2 Å². The van der Waals surface area contributed by atoms with Gasteiger partial charge in [0.2, 0.25) is 5.88 Å². The Balaban J connectivity index is 2.09. The first-order valence-corrected chi connectivity index (χ1v) is 6.16. The molecule has 0 radical (unpaired) electrons. The van der Waals surface area contributed by atoms with E-state index in [-0.39, 0.29) is 0 Å². The molecule has 2 aromatic rings. The summed E-state index contributed by atoms with van der Waals surface area (Å²) in [5.41, 5.74) is 0.730. The highest BCUT2D eigenvalue weighted by Gasteiger charge is 2.12. The average Bonchev–Trinajstić information content (AvgIpc) is 2.76. The first kappa shape index (κ1) is 12.3. The van der Waals surface area contributed by atoms with Crippen molar-refractivity contribution in [2.45, 2.75) is 12.5 Å². The van der Waals surface area contributed by atoms with Gasteiger partial charge < -0.3 is 9.84 Å². The molecule has 90 valence electrons. The summed E-state index contributed by atoms with van der Waals surface area (Å²) in [6, 6.07) is 5.29. The molecule has 2 heterocycles. The van der Waals surface area contributed by atoms with Crippen molar-refractivity contribution in [3.63, 3.8) is 0 Å². The van der Waals surface area contributed by atoms with E-state index in [0.29, 0.717) is 16.6 Å². The fraction of sp³-hybridized carbons (Fsp3) is 0.273. The summed E-state index contributed by atoms with van der Waals surface area (Å²) in [7, 11) is 1.54. The molecule has 0 saturated carbocycles. The van der Waals surface area contributed by atoms with Crippen LogP contribution >= 0.6 is 22.9 Å². The molecule has 0 bridgehead atoms. The molecular weight excluding hydrogens is 260 g/mol. The van der Waals surface area contributed by atoms with Gasteiger partial charge >= 0.3 is 0 Å². The van der Waals surface area contributed by atoms with E-state index in [1.807, 2.05) is 6.07 Å². The molecule has 1 N–H and O–H groups in total. The topological polar surface area (TPSA) is 55.2 Å². The van der Waals surface area contributed by atoms with Gasteiger partial charge in [-0.05, 0) is 12.1 Å². The predicted molar refractivity (Wildman–Crippen MR) is 66.6 cm³/mol. The third-order valence-electron chi connectivity index (χ3n) is 2.23. The quantitative estimate of drug-likeness (QED) is 0.927. The van der Waals surface area contributed by atoms with Crippen molar-refractivity contribution in [2.24, 2.45) is 0 Å². The maximum Gasteiger partial charge on any atom is 0.216 e. The molecule has 0 saturated heterocycles. The van der Waals surface area contributed by atoms with E-state index in [0.717, 1.165) is 10.6 Å². The normalized spacial score (nSPS) is 12.4. The monoisotopic (exact) mass is 270 g/mol. The number of methoxy groups -OCH3 is 1. The Morgan fingerprint density at radius 1 is 1.47 bits per heavy atom. The second-order valence-corrected chi connectivity index (χ2v) is 5.16. The Hall–Kier alpha value is -1.17. The summed E-state index contributed by atoms with van der Waals surface area (Å²) in [4.78, 5) is 8.82. The van der Waals surface area contributed by atoms with Gasteiger partial charge in [-0.3, -0.25) is 0 Å². The predicted octanol–water partition coefficient (Wildman–Crippen LogP) is 2.48. The minimum Gasteiger partial charge on any atom is -0.481 e. The molecular formula is C11H11ClN2O2S. The van der Waals surface area contributed by atoms with Gasteiger partial charge in [0.05, 0.1) is 23.2 Å². The van der Waals surface area contributed by atoms with Crippen molar-refractivity contribution >= 4 is 22.9 Å². The molecule has 6 heteroatoms. The highest BCUT2D eigenvalue weighted by molar-refractivity contribution is 7.16. The Labute approximate surface area is 108 Å². The molecule has 2 rings (SSSR count). The lowest BCUT2D eigenvalue weighted by molar-refractivity contribution is 0.181. The van der Waals surface area contributed by atoms with Gasteiger partial charge in [-0.2, -0.15) is 0 Å². The van der Waals surface area contributed by atoms with E-state index < -0.39 is 6.10 Å². The van der Waals surface area contributed by atoms with E-state index in [9.17, 15) is 5.11 Å². The summed E-state index contributed by atoms with van der Waals surface area (Å²) in [6.07, 6.45) is 1.23. The maximum absolute atomic E-state index is 10.0. The van der Waals surface area contributed by atoms with E-state index in [2.05, 4.69) is 9.97 Å². The molecule has 0 aromatic carbocycles. The van der Waals surface area contributed by atoms with Crippen LogP contribution in [0, 0.1) is 0 Å². The minimum atomic E-state index is -0.605. The number of aromatic nitrogens is 2. The Morgan fingerprint density at radius 3 is 2.94 bits per heavy atom. The third-order valence-corrected chi connectivity index (χ3v) is 3.57. The first-order valence-electron chi connectivity index (χ1n) is 4.97. The number of nitrogens with zero attached hydrogens (tertiary/aromatic N) is 2. The largest absolute Gasteiger partial charge is 0.481 e. The summed E-state index contributed by atoms with van der Waals surface area (Å²) < 4.78 is 5.66. The van der Waals surface area contributed by atoms with E-state index in [4.69, 9.17) is 16.3 Å². The minimum absolute atomic E-state index is 0.412. The van der Waals surface area contributed by atoms with E-state index in [1.165, 1.54) is 17.7 Å². The summed E-state index contributed by atoms with van der Waals surface area (Å²) in [6.45, 7) is 0. The molecule has 4 nitrogen and oxygen atoms in total. The fourth-order valence-corrected chi connectivity index (χ4v) is 2.45. The summed E-state index contributed by atoms with van der Waals surface area (Å²) >= 11 is 7.18. The summed E-state index contributed by atoms with van der Waals surface area (Å²) in [5, 5.41) is 10.0. The molecule has 0 aliphatic rings. The molecule has 0 aliphatic heterocycles. The second-order valence-electron chi connectivity index (χ2n) is 3.41. The smallest absolute Gasteiger partial charge is 0.216 e. The first-order chi connectivity index (χ1) is 8.19. The molecule has 0 aliphatic carbocycles. The zero-order valence-corrected chi connectivity index (χ0v) is 10.7. The molecule has 17 heavy (non-hydrogen) atoms. The highest BCUT2D eigenvalue weighted by atomic mass is 35.5. The van der Waals surface area contributed by atoms with E-state index in [1.54, 1.807) is 19.2 Å². The average molecular weight is 271 g/mol. The lowest BCUT2D eigenvalue weighted by Gasteiger charge is -2.08. The SMILES string of the molecule is COc1cc(CC(O)c2ccc(Cl)s2)ncn1. The standard InChI is InChI=1S/C11H11ClN2O2S/c1-16-11-5-7(13-6-14-11)4-8(15)9-2-3-10(12)17-9/h2-3,5-6,8,15H,4H2,1H3.